The van der Waals surface area contributed by atoms with Crippen LogP contribution in [0.25, 0.3) is 0 Å². The number of rotatable bonds is 4. The normalized spacial score (nSPS) is 27.6. The number of nitrogens with zero attached hydrogens (tertiary/aromatic N) is 1. The van der Waals surface area contributed by atoms with Crippen molar-refractivity contribution in [2.45, 2.75) is 36.3 Å². The fraction of sp³-hybridized carbons (Fsp3) is 0.583. The zero-order valence-electron chi connectivity index (χ0n) is 10.3. The van der Waals surface area contributed by atoms with Gasteiger partial charge in [0.1, 0.15) is 10.0 Å². The molecule has 0 amide bonds. The minimum absolute atomic E-state index is 0.00288. The minimum atomic E-state index is -3.64. The molecule has 2 heterocycles. The maximum atomic E-state index is 12.3. The predicted octanol–water partition coefficient (Wildman–Crippen LogP) is 1.58. The number of ether oxygens (including phenoxy) is 1. The Morgan fingerprint density at radius 2 is 2.16 bits per heavy atom. The Morgan fingerprint density at radius 1 is 1.37 bits per heavy atom. The minimum Gasteiger partial charge on any atom is -0.376 e. The molecule has 1 saturated carbocycles. The summed E-state index contributed by atoms with van der Waals surface area (Å²) in [5.74, 6) is 0.500. The highest BCUT2D eigenvalue weighted by Gasteiger charge is 2.42. The van der Waals surface area contributed by atoms with E-state index in [1.165, 1.54) is 12.3 Å². The Balaban J connectivity index is 1.80. The van der Waals surface area contributed by atoms with E-state index >= 15 is 0 Å². The van der Waals surface area contributed by atoms with Gasteiger partial charge < -0.3 is 4.74 Å². The van der Waals surface area contributed by atoms with Gasteiger partial charge in [-0.2, -0.15) is 0 Å². The Morgan fingerprint density at radius 3 is 2.84 bits per heavy atom. The van der Waals surface area contributed by atoms with Crippen molar-refractivity contribution in [1.29, 1.82) is 0 Å². The first kappa shape index (κ1) is 13.3. The molecule has 0 aromatic carbocycles. The average molecular weight is 303 g/mol. The molecule has 2 unspecified atom stereocenters. The molecule has 19 heavy (non-hydrogen) atoms. The highest BCUT2D eigenvalue weighted by molar-refractivity contribution is 7.89. The molecular formula is C12H15ClN2O3S. The van der Waals surface area contributed by atoms with Crippen LogP contribution in [0.1, 0.15) is 19.3 Å². The van der Waals surface area contributed by atoms with E-state index in [0.29, 0.717) is 18.9 Å². The van der Waals surface area contributed by atoms with Crippen LogP contribution in [0.5, 0.6) is 0 Å². The summed E-state index contributed by atoms with van der Waals surface area (Å²) in [6, 6.07) is 2.86. The fourth-order valence-electron chi connectivity index (χ4n) is 2.46. The van der Waals surface area contributed by atoms with E-state index in [4.69, 9.17) is 16.3 Å². The maximum Gasteiger partial charge on any atom is 0.243 e. The van der Waals surface area contributed by atoms with Gasteiger partial charge in [-0.1, -0.05) is 11.6 Å². The molecule has 7 heteroatoms. The standard InChI is InChI=1S/C12H15ClN2O3S/c13-12-10(2-1-6-14-12)19(16,17)15-9-5-7-18-11(9)8-3-4-8/h1-2,6,8-9,11,15H,3-5,7H2. The summed E-state index contributed by atoms with van der Waals surface area (Å²) in [5.41, 5.74) is 0. The van der Waals surface area contributed by atoms with E-state index < -0.39 is 10.0 Å². The third-order valence-corrected chi connectivity index (χ3v) is 5.48. The van der Waals surface area contributed by atoms with E-state index in [9.17, 15) is 8.42 Å². The molecule has 1 aliphatic carbocycles. The molecule has 104 valence electrons. The number of sulfonamides is 1. The topological polar surface area (TPSA) is 68.3 Å². The second-order valence-electron chi connectivity index (χ2n) is 4.98. The predicted molar refractivity (Wildman–Crippen MR) is 70.4 cm³/mol. The van der Waals surface area contributed by atoms with Crippen LogP contribution in [0.3, 0.4) is 0 Å². The first-order valence-corrected chi connectivity index (χ1v) is 8.18. The van der Waals surface area contributed by atoms with E-state index in [0.717, 1.165) is 12.8 Å². The second kappa shape index (κ2) is 5.01. The Hall–Kier alpha value is -0.690. The molecule has 5 nitrogen and oxygen atoms in total. The third-order valence-electron chi connectivity index (χ3n) is 3.54. The zero-order valence-corrected chi connectivity index (χ0v) is 11.8. The van der Waals surface area contributed by atoms with Crippen molar-refractivity contribution in [3.63, 3.8) is 0 Å². The first-order valence-electron chi connectivity index (χ1n) is 6.32. The van der Waals surface area contributed by atoms with Gasteiger partial charge in [-0.05, 0) is 37.3 Å². The smallest absolute Gasteiger partial charge is 0.243 e. The van der Waals surface area contributed by atoms with Gasteiger partial charge in [-0.15, -0.1) is 0 Å². The van der Waals surface area contributed by atoms with Gasteiger partial charge >= 0.3 is 0 Å². The largest absolute Gasteiger partial charge is 0.376 e. The van der Waals surface area contributed by atoms with Crippen molar-refractivity contribution in [2.75, 3.05) is 6.61 Å². The summed E-state index contributed by atoms with van der Waals surface area (Å²) in [6.07, 6.45) is 4.42. The molecule has 1 aromatic heterocycles. The van der Waals surface area contributed by atoms with Crippen molar-refractivity contribution in [2.24, 2.45) is 5.92 Å². The van der Waals surface area contributed by atoms with Gasteiger partial charge in [0.15, 0.2) is 0 Å². The van der Waals surface area contributed by atoms with Gasteiger partial charge in [0.05, 0.1) is 12.1 Å². The second-order valence-corrected chi connectivity index (χ2v) is 7.02. The molecule has 1 saturated heterocycles. The summed E-state index contributed by atoms with van der Waals surface area (Å²) < 4.78 is 32.9. The molecule has 1 aliphatic heterocycles. The summed E-state index contributed by atoms with van der Waals surface area (Å²) in [4.78, 5) is 3.83. The first-order chi connectivity index (χ1) is 9.08. The van der Waals surface area contributed by atoms with Crippen molar-refractivity contribution in [3.05, 3.63) is 23.5 Å². The van der Waals surface area contributed by atoms with E-state index in [1.54, 1.807) is 6.07 Å². The highest BCUT2D eigenvalue weighted by atomic mass is 35.5. The molecule has 1 N–H and O–H groups in total. The Bertz CT molecular complexity index is 574. The van der Waals surface area contributed by atoms with Crippen molar-refractivity contribution in [1.82, 2.24) is 9.71 Å². The van der Waals surface area contributed by atoms with Gasteiger partial charge in [0.2, 0.25) is 10.0 Å². The van der Waals surface area contributed by atoms with Gasteiger partial charge in [-0.25, -0.2) is 18.1 Å². The maximum absolute atomic E-state index is 12.3. The van der Waals surface area contributed by atoms with Crippen LogP contribution in [0.2, 0.25) is 5.15 Å². The number of aromatic nitrogens is 1. The van der Waals surface area contributed by atoms with Crippen LogP contribution in [-0.4, -0.2) is 32.2 Å². The van der Waals surface area contributed by atoms with Crippen LogP contribution < -0.4 is 4.72 Å². The van der Waals surface area contributed by atoms with Gasteiger partial charge in [0.25, 0.3) is 0 Å². The van der Waals surface area contributed by atoms with Crippen molar-refractivity contribution < 1.29 is 13.2 Å². The number of halogens is 1. The van der Waals surface area contributed by atoms with E-state index in [1.807, 2.05) is 0 Å². The lowest BCUT2D eigenvalue weighted by molar-refractivity contribution is 0.0848. The summed E-state index contributed by atoms with van der Waals surface area (Å²) in [5, 5.41) is -0.00288. The van der Waals surface area contributed by atoms with E-state index in [2.05, 4.69) is 9.71 Å². The van der Waals surface area contributed by atoms with Crippen LogP contribution in [-0.2, 0) is 14.8 Å². The zero-order chi connectivity index (χ0) is 13.5. The van der Waals surface area contributed by atoms with Crippen LogP contribution in [0.4, 0.5) is 0 Å². The van der Waals surface area contributed by atoms with Crippen LogP contribution in [0, 0.1) is 5.92 Å². The lowest BCUT2D eigenvalue weighted by Crippen LogP contribution is -2.41. The molecule has 0 bridgehead atoms. The Kier molecular flexibility index (Phi) is 3.51. The van der Waals surface area contributed by atoms with E-state index in [-0.39, 0.29) is 22.2 Å². The molecule has 0 radical (unpaired) electrons. The lowest BCUT2D eigenvalue weighted by atomic mass is 10.1. The van der Waals surface area contributed by atoms with Gasteiger partial charge in [0, 0.05) is 12.8 Å². The molecular weight excluding hydrogens is 288 g/mol. The highest BCUT2D eigenvalue weighted by Crippen LogP contribution is 2.39. The quantitative estimate of drug-likeness (QED) is 0.858. The van der Waals surface area contributed by atoms with Crippen molar-refractivity contribution >= 4 is 21.6 Å². The monoisotopic (exact) mass is 302 g/mol. The molecule has 3 rings (SSSR count). The number of hydrogen-bond donors (Lipinski definition) is 1. The average Bonchev–Trinajstić information content (AvgIpc) is 3.11. The third kappa shape index (κ3) is 2.76. The number of nitrogens with one attached hydrogen (secondary N) is 1. The summed E-state index contributed by atoms with van der Waals surface area (Å²) >= 11 is 5.84. The number of hydrogen-bond acceptors (Lipinski definition) is 4. The molecule has 2 fully saturated rings. The molecule has 0 spiro atoms. The Labute approximate surface area is 117 Å². The fourth-order valence-corrected chi connectivity index (χ4v) is 4.20. The van der Waals surface area contributed by atoms with Crippen molar-refractivity contribution in [3.8, 4) is 0 Å². The van der Waals surface area contributed by atoms with Crippen LogP contribution in [0.15, 0.2) is 23.2 Å². The lowest BCUT2D eigenvalue weighted by Gasteiger charge is -2.19. The summed E-state index contributed by atoms with van der Waals surface area (Å²) in [7, 11) is -3.64. The summed E-state index contributed by atoms with van der Waals surface area (Å²) in [6.45, 7) is 0.606. The molecule has 1 aromatic rings. The SMILES string of the molecule is O=S(=O)(NC1CCOC1C1CC1)c1cccnc1Cl. The van der Waals surface area contributed by atoms with Crippen LogP contribution >= 0.6 is 11.6 Å². The molecule has 2 atom stereocenters. The van der Waals surface area contributed by atoms with Gasteiger partial charge in [-0.3, -0.25) is 0 Å². The molecule has 2 aliphatic rings. The number of pyridine rings is 1.